The van der Waals surface area contributed by atoms with Crippen LogP contribution >= 0.6 is 0 Å². The van der Waals surface area contributed by atoms with E-state index < -0.39 is 0 Å². The summed E-state index contributed by atoms with van der Waals surface area (Å²) < 4.78 is 1.89. The molecule has 0 amide bonds. The Kier molecular flexibility index (Phi) is 1.07. The number of rotatable bonds is 0. The fourth-order valence-corrected chi connectivity index (χ4v) is 1.54. The van der Waals surface area contributed by atoms with Gasteiger partial charge in [-0.1, -0.05) is 12.1 Å². The lowest BCUT2D eigenvalue weighted by Gasteiger charge is -1.87. The average molecular weight is 172 g/mol. The molecule has 3 aromatic rings. The molecular weight excluding hydrogens is 164 g/mol. The number of fused-ring (bicyclic) bond motifs is 3. The third-order valence-corrected chi connectivity index (χ3v) is 2.08. The zero-order valence-corrected chi connectivity index (χ0v) is 7.15. The summed E-state index contributed by atoms with van der Waals surface area (Å²) in [5.74, 6) is 1.62. The van der Waals surface area contributed by atoms with Crippen molar-refractivity contribution in [2.24, 2.45) is 0 Å². The highest BCUT2D eigenvalue weighted by Gasteiger charge is 2.05. The molecule has 0 saturated carbocycles. The molecule has 13 heavy (non-hydrogen) atoms. The summed E-state index contributed by atoms with van der Waals surface area (Å²) in [6.07, 6.45) is 0. The molecule has 0 atom stereocenters. The maximum atomic E-state index is 4.36. The lowest BCUT2D eigenvalue weighted by molar-refractivity contribution is 0.968. The van der Waals surface area contributed by atoms with E-state index in [9.17, 15) is 0 Å². The molecule has 0 unspecified atom stereocenters. The van der Waals surface area contributed by atoms with Crippen molar-refractivity contribution in [1.82, 2.24) is 19.6 Å². The molecule has 1 N–H and O–H groups in total. The maximum absolute atomic E-state index is 4.36. The number of hydrogen-bond donors (Lipinski definition) is 1. The normalized spacial score (nSPS) is 11.5. The summed E-state index contributed by atoms with van der Waals surface area (Å²) in [5, 5.41) is 3.12. The van der Waals surface area contributed by atoms with Gasteiger partial charge in [0, 0.05) is 0 Å². The van der Waals surface area contributed by atoms with Gasteiger partial charge in [0.05, 0.1) is 11.0 Å². The molecule has 3 rings (SSSR count). The number of nitrogens with zero attached hydrogens (tertiary/aromatic N) is 3. The zero-order chi connectivity index (χ0) is 8.84. The van der Waals surface area contributed by atoms with E-state index >= 15 is 0 Å². The Balaban J connectivity index is 2.60. The molecule has 0 aliphatic carbocycles. The Morgan fingerprint density at radius 3 is 3.00 bits per heavy atom. The van der Waals surface area contributed by atoms with Crippen LogP contribution in [0, 0.1) is 6.92 Å². The van der Waals surface area contributed by atoms with Crippen molar-refractivity contribution in [3.8, 4) is 0 Å². The van der Waals surface area contributed by atoms with Gasteiger partial charge in [0.1, 0.15) is 5.82 Å². The number of aromatic amines is 1. The van der Waals surface area contributed by atoms with Crippen LogP contribution in [-0.2, 0) is 0 Å². The fourth-order valence-electron chi connectivity index (χ4n) is 1.54. The molecular formula is C9H8N4. The third kappa shape index (κ3) is 0.796. The molecule has 0 radical (unpaired) electrons. The first kappa shape index (κ1) is 6.65. The van der Waals surface area contributed by atoms with E-state index in [-0.39, 0.29) is 0 Å². The van der Waals surface area contributed by atoms with Crippen LogP contribution in [0.4, 0.5) is 0 Å². The largest absolute Gasteiger partial charge is 0.278 e. The number of aryl methyl sites for hydroxylation is 1. The van der Waals surface area contributed by atoms with Gasteiger partial charge < -0.3 is 0 Å². The van der Waals surface area contributed by atoms with Crippen molar-refractivity contribution >= 4 is 16.8 Å². The minimum absolute atomic E-state index is 0.735. The molecule has 2 heterocycles. The highest BCUT2D eigenvalue weighted by atomic mass is 15.3. The zero-order valence-electron chi connectivity index (χ0n) is 7.15. The Hall–Kier alpha value is -1.84. The highest BCUT2D eigenvalue weighted by molar-refractivity contribution is 5.78. The molecule has 2 aromatic heterocycles. The smallest absolute Gasteiger partial charge is 0.251 e. The minimum Gasteiger partial charge on any atom is -0.278 e. The number of benzene rings is 1. The molecule has 0 fully saturated rings. The second-order valence-electron chi connectivity index (χ2n) is 3.04. The van der Waals surface area contributed by atoms with Crippen molar-refractivity contribution in [3.63, 3.8) is 0 Å². The molecule has 1 aromatic carbocycles. The van der Waals surface area contributed by atoms with E-state index in [0.717, 1.165) is 22.6 Å². The lowest BCUT2D eigenvalue weighted by atomic mass is 10.3. The molecule has 0 aliphatic rings. The van der Waals surface area contributed by atoms with Crippen LogP contribution in [-0.4, -0.2) is 19.6 Å². The standard InChI is InChI=1S/C9H8N4/c1-6-10-9-11-7-4-2-3-5-8(7)13(9)12-6/h2-5H,1H3,(H,10,11,12). The predicted molar refractivity (Wildman–Crippen MR) is 49.6 cm³/mol. The molecule has 4 heteroatoms. The van der Waals surface area contributed by atoms with Gasteiger partial charge in [-0.3, -0.25) is 5.10 Å². The summed E-state index contributed by atoms with van der Waals surface area (Å²) >= 11 is 0. The van der Waals surface area contributed by atoms with Crippen molar-refractivity contribution < 1.29 is 0 Å². The predicted octanol–water partition coefficient (Wildman–Crippen LogP) is 1.52. The maximum Gasteiger partial charge on any atom is 0.251 e. The van der Waals surface area contributed by atoms with E-state index in [1.54, 1.807) is 0 Å². The second-order valence-corrected chi connectivity index (χ2v) is 3.04. The summed E-state index contributed by atoms with van der Waals surface area (Å²) in [6, 6.07) is 7.97. The highest BCUT2D eigenvalue weighted by Crippen LogP contribution is 2.13. The summed E-state index contributed by atoms with van der Waals surface area (Å²) in [4.78, 5) is 8.60. The van der Waals surface area contributed by atoms with Gasteiger partial charge in [-0.15, -0.1) is 0 Å². The number of imidazole rings is 1. The van der Waals surface area contributed by atoms with Crippen LogP contribution < -0.4 is 0 Å². The Morgan fingerprint density at radius 1 is 1.23 bits per heavy atom. The van der Waals surface area contributed by atoms with Crippen LogP contribution in [0.25, 0.3) is 16.8 Å². The Labute approximate surface area is 74.2 Å². The quantitative estimate of drug-likeness (QED) is 0.558. The first-order valence-corrected chi connectivity index (χ1v) is 4.14. The van der Waals surface area contributed by atoms with E-state index in [4.69, 9.17) is 0 Å². The van der Waals surface area contributed by atoms with Gasteiger partial charge in [-0.25, -0.2) is 9.50 Å². The van der Waals surface area contributed by atoms with Gasteiger partial charge in [-0.05, 0) is 19.1 Å². The van der Waals surface area contributed by atoms with Gasteiger partial charge in [0.15, 0.2) is 0 Å². The monoisotopic (exact) mass is 172 g/mol. The van der Waals surface area contributed by atoms with Gasteiger partial charge >= 0.3 is 0 Å². The van der Waals surface area contributed by atoms with Crippen LogP contribution in [0.15, 0.2) is 24.3 Å². The van der Waals surface area contributed by atoms with Crippen LogP contribution in [0.2, 0.25) is 0 Å². The minimum atomic E-state index is 0.735. The van der Waals surface area contributed by atoms with Crippen molar-refractivity contribution in [3.05, 3.63) is 30.1 Å². The molecule has 4 nitrogen and oxygen atoms in total. The first-order valence-electron chi connectivity index (χ1n) is 4.14. The molecule has 0 spiro atoms. The lowest BCUT2D eigenvalue weighted by Crippen LogP contribution is -1.82. The SMILES string of the molecule is Cc1nc2nc3ccccc3n2[nH]1. The van der Waals surface area contributed by atoms with E-state index in [2.05, 4.69) is 15.1 Å². The molecule has 0 bridgehead atoms. The van der Waals surface area contributed by atoms with Crippen LogP contribution in [0.5, 0.6) is 0 Å². The van der Waals surface area contributed by atoms with Crippen molar-refractivity contribution in [1.29, 1.82) is 0 Å². The topological polar surface area (TPSA) is 46.0 Å². The number of H-pyrrole nitrogens is 1. The number of para-hydroxylation sites is 2. The van der Waals surface area contributed by atoms with Crippen molar-refractivity contribution in [2.75, 3.05) is 0 Å². The summed E-state index contributed by atoms with van der Waals surface area (Å²) in [6.45, 7) is 1.92. The number of nitrogens with one attached hydrogen (secondary N) is 1. The van der Waals surface area contributed by atoms with E-state index in [1.807, 2.05) is 35.7 Å². The molecule has 64 valence electrons. The van der Waals surface area contributed by atoms with Crippen LogP contribution in [0.1, 0.15) is 5.82 Å². The van der Waals surface area contributed by atoms with E-state index in [1.165, 1.54) is 0 Å². The summed E-state index contributed by atoms with van der Waals surface area (Å²) in [5.41, 5.74) is 2.04. The second kappa shape index (κ2) is 2.10. The number of hydrogen-bond acceptors (Lipinski definition) is 2. The first-order chi connectivity index (χ1) is 6.34. The van der Waals surface area contributed by atoms with Gasteiger partial charge in [0.25, 0.3) is 5.78 Å². The third-order valence-electron chi connectivity index (χ3n) is 2.08. The molecule has 0 saturated heterocycles. The average Bonchev–Trinajstić information content (AvgIpc) is 2.60. The summed E-state index contributed by atoms with van der Waals surface area (Å²) in [7, 11) is 0. The van der Waals surface area contributed by atoms with Gasteiger partial charge in [0.2, 0.25) is 0 Å². The Morgan fingerprint density at radius 2 is 2.08 bits per heavy atom. The number of aromatic nitrogens is 4. The fraction of sp³-hybridized carbons (Fsp3) is 0.111. The molecule has 0 aliphatic heterocycles. The van der Waals surface area contributed by atoms with Crippen molar-refractivity contribution in [2.45, 2.75) is 6.92 Å². The Bertz CT molecular complexity index is 575. The van der Waals surface area contributed by atoms with Gasteiger partial charge in [-0.2, -0.15) is 4.98 Å². The van der Waals surface area contributed by atoms with E-state index in [0.29, 0.717) is 0 Å². The van der Waals surface area contributed by atoms with Crippen LogP contribution in [0.3, 0.4) is 0 Å².